The maximum atomic E-state index is 10.5. The van der Waals surface area contributed by atoms with E-state index in [0.717, 1.165) is 89.4 Å². The lowest BCUT2D eigenvalue weighted by atomic mass is 9.76. The van der Waals surface area contributed by atoms with Crippen LogP contribution in [0.15, 0.2) is 120 Å². The lowest BCUT2D eigenvalue weighted by Gasteiger charge is -2.29. The molecule has 0 amide bonds. The summed E-state index contributed by atoms with van der Waals surface area (Å²) in [5.74, 6) is 2.29. The minimum atomic E-state index is -0.243. The van der Waals surface area contributed by atoms with Crippen molar-refractivity contribution in [2.45, 2.75) is 200 Å². The van der Waals surface area contributed by atoms with Crippen molar-refractivity contribution in [1.82, 2.24) is 0 Å². The smallest absolute Gasteiger partial charge is 0.119 e. The Kier molecular flexibility index (Phi) is 20.2. The fourth-order valence-corrected chi connectivity index (χ4v) is 10.8. The van der Waals surface area contributed by atoms with Crippen molar-refractivity contribution in [2.75, 3.05) is 0 Å². The van der Waals surface area contributed by atoms with Gasteiger partial charge in [0.25, 0.3) is 0 Å². The zero-order valence-corrected chi connectivity index (χ0v) is 50.5. The van der Waals surface area contributed by atoms with Crippen LogP contribution in [0.3, 0.4) is 0 Å². The molecule has 6 nitrogen and oxygen atoms in total. The van der Waals surface area contributed by atoms with Gasteiger partial charge in [-0.2, -0.15) is 0 Å². The summed E-state index contributed by atoms with van der Waals surface area (Å²) < 4.78 is 0. The predicted octanol–water partition coefficient (Wildman–Crippen LogP) is 18.6. The number of aryl methyl sites for hydroxylation is 4. The molecule has 6 N–H and O–H groups in total. The molecule has 6 aromatic rings. The van der Waals surface area contributed by atoms with Crippen LogP contribution in [-0.2, 0) is 39.9 Å². The highest BCUT2D eigenvalue weighted by atomic mass is 32.2. The molecule has 0 aliphatic carbocycles. The number of phenolic OH excluding ortho intramolecular Hbond substituents is 6. The molecule has 6 rings (SSSR count). The highest BCUT2D eigenvalue weighted by Gasteiger charge is 2.29. The Bertz CT molecular complexity index is 2820. The van der Waals surface area contributed by atoms with Crippen molar-refractivity contribution in [3.8, 4) is 34.5 Å². The number of allylic oxidation sites excluding steroid dienone is 2. The van der Waals surface area contributed by atoms with E-state index in [-0.39, 0.29) is 33.0 Å². The van der Waals surface area contributed by atoms with E-state index < -0.39 is 0 Å². The van der Waals surface area contributed by atoms with Gasteiger partial charge >= 0.3 is 0 Å². The normalized spacial score (nSPS) is 12.2. The van der Waals surface area contributed by atoms with Gasteiger partial charge in [-0.3, -0.25) is 0 Å². The SMILES string of the molecule is C=CCc1cc(C(C)(C)c2ccc(O)c(CC=C)c2)ccc1O.CCCC(c1cc(C(C)(C)C)c(O)cc1C)c1cc(C(C)(C)C)c(O)cc1C.Cc1cc(O)c(C(C)(C)C)cc1Sc1cc(C(C)(C)C)c(O)cc1C. The lowest BCUT2D eigenvalue weighted by molar-refractivity contribution is 0.443. The van der Waals surface area contributed by atoms with E-state index >= 15 is 0 Å². The molecule has 0 heterocycles. The monoisotopic (exact) mass is 1050 g/mol. The zero-order chi connectivity index (χ0) is 57.6. The first kappa shape index (κ1) is 62.5. The van der Waals surface area contributed by atoms with Crippen LogP contribution in [0.5, 0.6) is 34.5 Å². The average molecular weight is 1050 g/mol. The molecule has 0 unspecified atom stereocenters. The molecule has 0 saturated heterocycles. The zero-order valence-electron chi connectivity index (χ0n) is 49.6. The van der Waals surface area contributed by atoms with E-state index in [9.17, 15) is 30.6 Å². The number of hydrogen-bond donors (Lipinski definition) is 6. The average Bonchev–Trinajstić information content (AvgIpc) is 3.28. The summed E-state index contributed by atoms with van der Waals surface area (Å²) in [5, 5.41) is 61.6. The van der Waals surface area contributed by atoms with Gasteiger partial charge in [0.1, 0.15) is 34.5 Å². The van der Waals surface area contributed by atoms with E-state index in [1.165, 1.54) is 11.1 Å². The predicted molar refractivity (Wildman–Crippen MR) is 323 cm³/mol. The standard InChI is InChI=1S/C26H38O2.C22H30O2S.C21H24O2/c1-10-11-18(19-14-21(25(4,5)6)23(27)12-16(19)2)20-15-22(26(7,8)9)24(28)13-17(20)3;1-13-9-17(23)15(21(3,4)5)11-19(13)25-20-12-16(22(6,7)8)18(24)10-14(20)2;1-5-7-15-13-17(9-11-19(15)22)21(3,4)18-10-12-20(23)16(14-18)8-6-2/h12-15,18,27-28H,10-11H2,1-9H3;9-12,23-24H,1-8H3;5-6,9-14,22-23H,1-2,7-8H2,3-4H3. The van der Waals surface area contributed by atoms with Crippen molar-refractivity contribution >= 4 is 11.8 Å². The summed E-state index contributed by atoms with van der Waals surface area (Å²) in [7, 11) is 0. The lowest BCUT2D eigenvalue weighted by Crippen LogP contribution is -2.19. The number of hydrogen-bond acceptors (Lipinski definition) is 7. The fourth-order valence-electron chi connectivity index (χ4n) is 9.78. The quantitative estimate of drug-likeness (QED) is 0.0675. The van der Waals surface area contributed by atoms with Crippen LogP contribution in [-0.4, -0.2) is 30.6 Å². The number of phenols is 6. The molecular weight excluding hydrogens is 957 g/mol. The first-order chi connectivity index (χ1) is 35.0. The Hall–Kier alpha value is -6.05. The second kappa shape index (κ2) is 24.5. The van der Waals surface area contributed by atoms with E-state index in [2.05, 4.69) is 155 Å². The van der Waals surface area contributed by atoms with Gasteiger partial charge in [-0.05, 0) is 184 Å². The van der Waals surface area contributed by atoms with Crippen LogP contribution in [0.1, 0.15) is 201 Å². The summed E-state index contributed by atoms with van der Waals surface area (Å²) in [6, 6.07) is 27.5. The molecule has 0 radical (unpaired) electrons. The van der Waals surface area contributed by atoms with Crippen LogP contribution < -0.4 is 0 Å². The van der Waals surface area contributed by atoms with Crippen molar-refractivity contribution in [3.63, 3.8) is 0 Å². The summed E-state index contributed by atoms with van der Waals surface area (Å²) in [4.78, 5) is 2.27. The third-order valence-corrected chi connectivity index (χ3v) is 15.8. The van der Waals surface area contributed by atoms with Crippen molar-refractivity contribution in [2.24, 2.45) is 0 Å². The Morgan fingerprint density at radius 1 is 0.421 bits per heavy atom. The van der Waals surface area contributed by atoms with Gasteiger partial charge in [-0.25, -0.2) is 0 Å². The van der Waals surface area contributed by atoms with Gasteiger partial charge in [0.15, 0.2) is 0 Å². The van der Waals surface area contributed by atoms with E-state index in [4.69, 9.17) is 0 Å². The molecular formula is C69H92O6S. The Morgan fingerprint density at radius 2 is 0.724 bits per heavy atom. The van der Waals surface area contributed by atoms with Gasteiger partial charge in [-0.15, -0.1) is 13.2 Å². The summed E-state index contributed by atoms with van der Waals surface area (Å²) in [6.45, 7) is 47.7. The molecule has 0 aliphatic heterocycles. The molecule has 0 saturated carbocycles. The maximum absolute atomic E-state index is 10.5. The van der Waals surface area contributed by atoms with Gasteiger partial charge in [0.2, 0.25) is 0 Å². The molecule has 76 heavy (non-hydrogen) atoms. The summed E-state index contributed by atoms with van der Waals surface area (Å²) >= 11 is 1.70. The van der Waals surface area contributed by atoms with Crippen LogP contribution in [0, 0.1) is 27.7 Å². The first-order valence-corrected chi connectivity index (χ1v) is 27.7. The van der Waals surface area contributed by atoms with Gasteiger partial charge in [-0.1, -0.05) is 171 Å². The van der Waals surface area contributed by atoms with Gasteiger partial charge < -0.3 is 30.6 Å². The van der Waals surface area contributed by atoms with Crippen LogP contribution in [0.4, 0.5) is 0 Å². The minimum Gasteiger partial charge on any atom is -0.508 e. The maximum Gasteiger partial charge on any atom is 0.119 e. The Morgan fingerprint density at radius 3 is 1.01 bits per heavy atom. The second-order valence-electron chi connectivity index (χ2n) is 25.5. The topological polar surface area (TPSA) is 121 Å². The highest BCUT2D eigenvalue weighted by Crippen LogP contribution is 2.45. The third kappa shape index (κ3) is 15.3. The highest BCUT2D eigenvalue weighted by molar-refractivity contribution is 7.99. The molecule has 0 atom stereocenters. The molecule has 0 aliphatic rings. The molecule has 0 aromatic heterocycles. The molecule has 6 aromatic carbocycles. The third-order valence-electron chi connectivity index (χ3n) is 14.5. The molecule has 7 heteroatoms. The van der Waals surface area contributed by atoms with Gasteiger partial charge in [0, 0.05) is 32.3 Å². The van der Waals surface area contributed by atoms with Crippen LogP contribution in [0.25, 0.3) is 0 Å². The van der Waals surface area contributed by atoms with E-state index in [1.807, 2.05) is 62.4 Å². The van der Waals surface area contributed by atoms with E-state index in [1.54, 1.807) is 36.0 Å². The number of benzene rings is 6. The molecule has 410 valence electrons. The summed E-state index contributed by atoms with van der Waals surface area (Å²) in [5.41, 5.74) is 14.0. The largest absolute Gasteiger partial charge is 0.508 e. The Labute approximate surface area is 462 Å². The minimum absolute atomic E-state index is 0.117. The number of rotatable bonds is 12. The van der Waals surface area contributed by atoms with Crippen molar-refractivity contribution in [3.05, 3.63) is 188 Å². The van der Waals surface area contributed by atoms with Crippen molar-refractivity contribution in [1.29, 1.82) is 0 Å². The van der Waals surface area contributed by atoms with Crippen molar-refractivity contribution < 1.29 is 30.6 Å². The Balaban J connectivity index is 0.000000248. The van der Waals surface area contributed by atoms with Crippen LogP contribution in [0.2, 0.25) is 0 Å². The molecule has 0 fully saturated rings. The number of aromatic hydroxyl groups is 6. The van der Waals surface area contributed by atoms with Gasteiger partial charge in [0.05, 0.1) is 0 Å². The fraction of sp³-hybridized carbons (Fsp3) is 0.420. The van der Waals surface area contributed by atoms with Crippen LogP contribution >= 0.6 is 11.8 Å². The molecule has 0 bridgehead atoms. The summed E-state index contributed by atoms with van der Waals surface area (Å²) in [6.07, 6.45) is 6.94. The van der Waals surface area contributed by atoms with E-state index in [0.29, 0.717) is 47.3 Å². The molecule has 0 spiro atoms. The first-order valence-electron chi connectivity index (χ1n) is 26.9. The second-order valence-corrected chi connectivity index (χ2v) is 26.5.